The minimum Gasteiger partial charge on any atom is -0.758 e. The Morgan fingerprint density at radius 3 is 2.29 bits per heavy atom. The highest BCUT2D eigenvalue weighted by Gasteiger charge is 2.38. The van der Waals surface area contributed by atoms with Gasteiger partial charge in [0.15, 0.2) is 12.1 Å². The molecule has 1 fully saturated rings. The smallest absolute Gasteiger partial charge is 0.416 e. The average molecular weight is 639 g/mol. The molecular weight excluding hydrogens is 604 g/mol. The largest absolute Gasteiger partial charge is 0.758 e. The van der Waals surface area contributed by atoms with Gasteiger partial charge in [-0.3, -0.25) is 15.0 Å². The number of alkyl halides is 6. The van der Waals surface area contributed by atoms with Gasteiger partial charge in [-0.15, -0.1) is 0 Å². The van der Waals surface area contributed by atoms with Crippen LogP contribution in [-0.2, 0) is 28.3 Å². The van der Waals surface area contributed by atoms with Crippen molar-refractivity contribution in [2.75, 3.05) is 26.3 Å². The van der Waals surface area contributed by atoms with Crippen LogP contribution in [0.5, 0.6) is 0 Å². The maximum Gasteiger partial charge on any atom is 0.416 e. The summed E-state index contributed by atoms with van der Waals surface area (Å²) in [7, 11) is 0. The molecule has 3 aliphatic rings. The number of likely N-dealkylation sites (tertiary alicyclic amines) is 1. The summed E-state index contributed by atoms with van der Waals surface area (Å²) < 4.78 is 88.6. The Morgan fingerprint density at radius 2 is 1.69 bits per heavy atom. The van der Waals surface area contributed by atoms with E-state index in [1.807, 2.05) is 17.9 Å². The molecule has 8 nitrogen and oxygen atoms in total. The Balaban J connectivity index is 1.58. The number of nitrogens with zero attached hydrogens (tertiary/aromatic N) is 2. The molecule has 0 saturated carbocycles. The van der Waals surface area contributed by atoms with Gasteiger partial charge in [0.25, 0.3) is 0 Å². The summed E-state index contributed by atoms with van der Waals surface area (Å²) in [6, 6.07) is 7.27. The van der Waals surface area contributed by atoms with E-state index >= 15 is 0 Å². The van der Waals surface area contributed by atoms with Crippen molar-refractivity contribution in [3.05, 3.63) is 93.0 Å². The SMILES string of the molecule is CC(=O)NC1CCN(C2/C=C(/c3ccccc3C)N([O-])C(Cc3cc(C(F)(F)F)cc(C(F)(F)F)c3)C3=C(NCNC3)O2)CC1. The first kappa shape index (κ1) is 32.6. The third-order valence-electron chi connectivity index (χ3n) is 8.24. The molecule has 0 radical (unpaired) electrons. The lowest BCUT2D eigenvalue weighted by Crippen LogP contribution is -2.51. The van der Waals surface area contributed by atoms with E-state index in [2.05, 4.69) is 16.0 Å². The van der Waals surface area contributed by atoms with Crippen molar-refractivity contribution in [2.24, 2.45) is 0 Å². The Morgan fingerprint density at radius 1 is 1.04 bits per heavy atom. The van der Waals surface area contributed by atoms with Gasteiger partial charge in [-0.05, 0) is 67.2 Å². The van der Waals surface area contributed by atoms with Crippen LogP contribution in [0.15, 0.2) is 60.0 Å². The van der Waals surface area contributed by atoms with Crippen LogP contribution in [0.4, 0.5) is 26.3 Å². The zero-order valence-electron chi connectivity index (χ0n) is 24.7. The topological polar surface area (TPSA) is 91.9 Å². The number of ether oxygens (including phenoxy) is 1. The van der Waals surface area contributed by atoms with Crippen LogP contribution in [0.2, 0.25) is 0 Å². The average Bonchev–Trinajstić information content (AvgIpc) is 2.97. The van der Waals surface area contributed by atoms with Crippen LogP contribution in [-0.4, -0.2) is 60.5 Å². The van der Waals surface area contributed by atoms with Gasteiger partial charge in [0.05, 0.1) is 17.8 Å². The maximum absolute atomic E-state index is 14.5. The molecule has 2 atom stereocenters. The molecule has 5 rings (SSSR count). The number of carbonyl (C=O) groups is 1. The first-order valence-electron chi connectivity index (χ1n) is 14.6. The maximum atomic E-state index is 14.5. The van der Waals surface area contributed by atoms with Crippen molar-refractivity contribution in [1.29, 1.82) is 0 Å². The van der Waals surface area contributed by atoms with Crippen molar-refractivity contribution in [3.8, 4) is 0 Å². The number of hydroxylamine groups is 2. The molecular formula is C31H34F6N5O3-. The van der Waals surface area contributed by atoms with Crippen molar-refractivity contribution < 1.29 is 35.9 Å². The molecule has 1 saturated heterocycles. The van der Waals surface area contributed by atoms with Gasteiger partial charge < -0.3 is 25.6 Å². The second-order valence-corrected chi connectivity index (χ2v) is 11.5. The molecule has 2 unspecified atom stereocenters. The van der Waals surface area contributed by atoms with E-state index in [0.717, 1.165) is 5.56 Å². The van der Waals surface area contributed by atoms with E-state index in [9.17, 15) is 36.3 Å². The van der Waals surface area contributed by atoms with Gasteiger partial charge in [-0.2, -0.15) is 26.3 Å². The predicted molar refractivity (Wildman–Crippen MR) is 155 cm³/mol. The molecule has 2 aromatic carbocycles. The fourth-order valence-electron chi connectivity index (χ4n) is 5.99. The molecule has 3 aliphatic heterocycles. The lowest BCUT2D eigenvalue weighted by Gasteiger charge is -2.47. The van der Waals surface area contributed by atoms with Gasteiger partial charge in [0, 0.05) is 49.9 Å². The number of piperidine rings is 1. The minimum atomic E-state index is -5.03. The van der Waals surface area contributed by atoms with Crippen molar-refractivity contribution in [3.63, 3.8) is 0 Å². The van der Waals surface area contributed by atoms with Crippen LogP contribution < -0.4 is 16.0 Å². The second kappa shape index (κ2) is 12.9. The van der Waals surface area contributed by atoms with Crippen molar-refractivity contribution in [2.45, 2.75) is 63.8 Å². The van der Waals surface area contributed by atoms with Gasteiger partial charge in [-0.25, -0.2) is 0 Å². The molecule has 0 aliphatic carbocycles. The van der Waals surface area contributed by atoms with Crippen LogP contribution in [0.3, 0.4) is 0 Å². The molecule has 45 heavy (non-hydrogen) atoms. The van der Waals surface area contributed by atoms with Crippen LogP contribution in [0.25, 0.3) is 5.70 Å². The fourth-order valence-corrected chi connectivity index (χ4v) is 5.99. The van der Waals surface area contributed by atoms with Crippen molar-refractivity contribution >= 4 is 11.6 Å². The number of nitrogens with one attached hydrogen (secondary N) is 3. The molecule has 244 valence electrons. The molecule has 2 aromatic rings. The van der Waals surface area contributed by atoms with E-state index < -0.39 is 42.2 Å². The summed E-state index contributed by atoms with van der Waals surface area (Å²) in [5, 5.41) is 24.2. The van der Waals surface area contributed by atoms with Crippen LogP contribution >= 0.6 is 0 Å². The number of aryl methyl sites for hydroxylation is 1. The minimum absolute atomic E-state index is 0.00616. The summed E-state index contributed by atoms with van der Waals surface area (Å²) in [6.45, 7) is 4.75. The predicted octanol–water partition coefficient (Wildman–Crippen LogP) is 5.10. The Hall–Kier alpha value is -3.75. The number of halogens is 6. The molecule has 14 heteroatoms. The summed E-state index contributed by atoms with van der Waals surface area (Å²) >= 11 is 0. The number of hydrogen-bond donors (Lipinski definition) is 3. The molecule has 0 bridgehead atoms. The lowest BCUT2D eigenvalue weighted by atomic mass is 9.93. The standard InChI is InChI=1S/C31H34F6N5O3/c1-18-5-3-4-6-24(18)27-15-28(41-9-7-23(8-10-41)40-19(2)43)45-29-25(16-38-17-39-29)26(42(27)44)13-20-11-21(30(32,33)34)14-22(12-20)31(35,36)37/h3-6,11-12,14-15,23,26,28,38-39H,7-10,13,16-17H2,1-2H3,(H,40,43)/q-1/b27-15-. The highest BCUT2D eigenvalue weighted by atomic mass is 19.4. The molecule has 3 N–H and O–H groups in total. The highest BCUT2D eigenvalue weighted by molar-refractivity contribution is 5.73. The summed E-state index contributed by atoms with van der Waals surface area (Å²) in [6.07, 6.45) is -8.27. The first-order valence-corrected chi connectivity index (χ1v) is 14.6. The molecule has 0 spiro atoms. The third-order valence-corrected chi connectivity index (χ3v) is 8.24. The highest BCUT2D eigenvalue weighted by Crippen LogP contribution is 2.38. The van der Waals surface area contributed by atoms with E-state index in [0.29, 0.717) is 54.3 Å². The third kappa shape index (κ3) is 7.56. The van der Waals surface area contributed by atoms with Gasteiger partial charge in [-0.1, -0.05) is 24.3 Å². The van der Waals surface area contributed by atoms with E-state index in [1.54, 1.807) is 24.3 Å². The Kier molecular flexibility index (Phi) is 9.38. The van der Waals surface area contributed by atoms with Gasteiger partial charge in [0.1, 0.15) is 0 Å². The quantitative estimate of drug-likeness (QED) is 0.393. The Labute approximate surface area is 256 Å². The van der Waals surface area contributed by atoms with Crippen LogP contribution in [0, 0.1) is 12.1 Å². The summed E-state index contributed by atoms with van der Waals surface area (Å²) in [5.74, 6) is 0.124. The number of amides is 1. The molecule has 3 heterocycles. The monoisotopic (exact) mass is 638 g/mol. The van der Waals surface area contributed by atoms with Crippen molar-refractivity contribution in [1.82, 2.24) is 25.9 Å². The number of rotatable bonds is 5. The van der Waals surface area contributed by atoms with Gasteiger partial charge in [0.2, 0.25) is 5.91 Å². The van der Waals surface area contributed by atoms with E-state index in [1.165, 1.54) is 6.92 Å². The van der Waals surface area contributed by atoms with Gasteiger partial charge >= 0.3 is 12.4 Å². The number of benzene rings is 2. The zero-order valence-corrected chi connectivity index (χ0v) is 24.7. The Bertz CT molecular complexity index is 1430. The van der Waals surface area contributed by atoms with E-state index in [-0.39, 0.29) is 48.4 Å². The summed E-state index contributed by atoms with van der Waals surface area (Å²) in [4.78, 5) is 13.6. The molecule has 0 aromatic heterocycles. The second-order valence-electron chi connectivity index (χ2n) is 11.5. The molecule has 1 amide bonds. The normalized spacial score (nSPS) is 23.2. The number of carbonyl (C=O) groups excluding carboxylic acids is 1. The summed E-state index contributed by atoms with van der Waals surface area (Å²) in [5.41, 5.74) is -1.31. The van der Waals surface area contributed by atoms with E-state index in [4.69, 9.17) is 4.74 Å². The van der Waals surface area contributed by atoms with Crippen LogP contribution in [0.1, 0.15) is 47.6 Å². The number of hydrogen-bond acceptors (Lipinski definition) is 7. The zero-order chi connectivity index (χ0) is 32.5. The first-order chi connectivity index (χ1) is 21.2. The lowest BCUT2D eigenvalue weighted by molar-refractivity contribution is -0.143. The fraction of sp³-hybridized carbons (Fsp3) is 0.452.